The van der Waals surface area contributed by atoms with Crippen molar-refractivity contribution in [2.24, 2.45) is 0 Å². The lowest BCUT2D eigenvalue weighted by atomic mass is 10.1. The molecule has 0 aliphatic carbocycles. The number of hydrogen-bond acceptors (Lipinski definition) is 1. The number of carbonyl (C=O) groups is 1. The average molecular weight is 234 g/mol. The fourth-order valence-corrected chi connectivity index (χ4v) is 1.04. The van der Waals surface area contributed by atoms with E-state index in [1.807, 2.05) is 0 Å². The van der Waals surface area contributed by atoms with Gasteiger partial charge in [-0.1, -0.05) is 0 Å². The number of alkyl halides is 3. The quantitative estimate of drug-likeness (QED) is 0.631. The Bertz CT molecular complexity index is 435. The highest BCUT2D eigenvalue weighted by molar-refractivity contribution is 5.85. The molecule has 0 radical (unpaired) electrons. The highest BCUT2D eigenvalue weighted by atomic mass is 19.4. The number of rotatable bonds is 2. The summed E-state index contributed by atoms with van der Waals surface area (Å²) in [5.74, 6) is -2.39. The molecule has 1 aromatic rings. The lowest BCUT2D eigenvalue weighted by Crippen LogP contribution is -2.05. The minimum Gasteiger partial charge on any atom is -0.478 e. The summed E-state index contributed by atoms with van der Waals surface area (Å²) in [4.78, 5) is 10.1. The van der Waals surface area contributed by atoms with Crippen LogP contribution in [-0.4, -0.2) is 11.1 Å². The molecule has 1 N–H and O–H groups in total. The van der Waals surface area contributed by atoms with Crippen molar-refractivity contribution in [2.75, 3.05) is 0 Å². The summed E-state index contributed by atoms with van der Waals surface area (Å²) in [6.07, 6.45) is -3.14. The van der Waals surface area contributed by atoms with Gasteiger partial charge in [0.05, 0.1) is 5.56 Å². The van der Waals surface area contributed by atoms with Crippen LogP contribution >= 0.6 is 0 Å². The molecule has 0 aliphatic rings. The zero-order chi connectivity index (χ0) is 12.3. The van der Waals surface area contributed by atoms with Crippen LogP contribution in [0.15, 0.2) is 24.3 Å². The first-order chi connectivity index (χ1) is 7.29. The third-order valence-electron chi connectivity index (χ3n) is 1.67. The topological polar surface area (TPSA) is 37.3 Å². The number of carboxylic acid groups (broad SMARTS) is 1. The van der Waals surface area contributed by atoms with Crippen LogP contribution in [0.3, 0.4) is 0 Å². The summed E-state index contributed by atoms with van der Waals surface area (Å²) in [6, 6.07) is 1.83. The molecular weight excluding hydrogens is 228 g/mol. The summed E-state index contributed by atoms with van der Waals surface area (Å²) in [5, 5.41) is 8.27. The van der Waals surface area contributed by atoms with Gasteiger partial charge in [-0.05, 0) is 29.8 Å². The minimum absolute atomic E-state index is 0.158. The van der Waals surface area contributed by atoms with E-state index in [2.05, 4.69) is 0 Å². The third-order valence-corrected chi connectivity index (χ3v) is 1.67. The van der Waals surface area contributed by atoms with Gasteiger partial charge in [0, 0.05) is 6.08 Å². The summed E-state index contributed by atoms with van der Waals surface area (Å²) in [6.45, 7) is 0. The van der Waals surface area contributed by atoms with Gasteiger partial charge in [0.2, 0.25) is 0 Å². The molecule has 0 unspecified atom stereocenters. The van der Waals surface area contributed by atoms with E-state index >= 15 is 0 Å². The number of hydrogen-bond donors (Lipinski definition) is 1. The van der Waals surface area contributed by atoms with E-state index in [0.29, 0.717) is 18.2 Å². The van der Waals surface area contributed by atoms with Gasteiger partial charge >= 0.3 is 12.1 Å². The van der Waals surface area contributed by atoms with Crippen LogP contribution < -0.4 is 0 Å². The minimum atomic E-state index is -4.66. The second-order valence-corrected chi connectivity index (χ2v) is 2.94. The number of benzene rings is 1. The van der Waals surface area contributed by atoms with E-state index in [1.54, 1.807) is 0 Å². The fraction of sp³-hybridized carbons (Fsp3) is 0.100. The standard InChI is InChI=1S/C10H6F4O2/c11-8-4-6(1-2-9(15)16)3-7(5-8)10(12,13)14/h1-5H,(H,15,16)/b2-1+. The molecule has 0 bridgehead atoms. The van der Waals surface area contributed by atoms with Gasteiger partial charge in [-0.15, -0.1) is 0 Å². The van der Waals surface area contributed by atoms with Crippen molar-refractivity contribution in [1.29, 1.82) is 0 Å². The maximum Gasteiger partial charge on any atom is 0.416 e. The lowest BCUT2D eigenvalue weighted by molar-refractivity contribution is -0.137. The monoisotopic (exact) mass is 234 g/mol. The second-order valence-electron chi connectivity index (χ2n) is 2.94. The van der Waals surface area contributed by atoms with Gasteiger partial charge < -0.3 is 5.11 Å². The molecule has 16 heavy (non-hydrogen) atoms. The molecule has 1 aromatic carbocycles. The largest absolute Gasteiger partial charge is 0.478 e. The van der Waals surface area contributed by atoms with Gasteiger partial charge in [-0.25, -0.2) is 9.18 Å². The Kier molecular flexibility index (Phi) is 3.31. The maximum absolute atomic E-state index is 12.8. The molecule has 0 amide bonds. The van der Waals surface area contributed by atoms with Crippen molar-refractivity contribution in [3.8, 4) is 0 Å². The first kappa shape index (κ1) is 12.2. The van der Waals surface area contributed by atoms with E-state index in [1.165, 1.54) is 0 Å². The molecule has 0 spiro atoms. The number of halogens is 4. The Hall–Kier alpha value is -1.85. The van der Waals surface area contributed by atoms with Crippen molar-refractivity contribution in [3.05, 3.63) is 41.2 Å². The molecule has 0 fully saturated rings. The SMILES string of the molecule is O=C(O)/C=C/c1cc(F)cc(C(F)(F)F)c1. The van der Waals surface area contributed by atoms with Crippen molar-refractivity contribution in [3.63, 3.8) is 0 Å². The van der Waals surface area contributed by atoms with Gasteiger partial charge in [0.25, 0.3) is 0 Å². The number of aliphatic carboxylic acids is 1. The molecule has 0 saturated carbocycles. The zero-order valence-corrected chi connectivity index (χ0v) is 7.75. The third kappa shape index (κ3) is 3.38. The van der Waals surface area contributed by atoms with Crippen LogP contribution in [0, 0.1) is 5.82 Å². The second kappa shape index (κ2) is 4.34. The van der Waals surface area contributed by atoms with E-state index in [9.17, 15) is 22.4 Å². The van der Waals surface area contributed by atoms with Crippen molar-refractivity contribution in [2.45, 2.75) is 6.18 Å². The van der Waals surface area contributed by atoms with Crippen LogP contribution in [0.2, 0.25) is 0 Å². The van der Waals surface area contributed by atoms with Crippen molar-refractivity contribution >= 4 is 12.0 Å². The predicted molar refractivity (Wildman–Crippen MR) is 48.1 cm³/mol. The summed E-state index contributed by atoms with van der Waals surface area (Å²) in [5.41, 5.74) is -1.31. The highest BCUT2D eigenvalue weighted by Crippen LogP contribution is 2.30. The summed E-state index contributed by atoms with van der Waals surface area (Å²) in [7, 11) is 0. The van der Waals surface area contributed by atoms with Gasteiger partial charge in [-0.2, -0.15) is 13.2 Å². The fourth-order valence-electron chi connectivity index (χ4n) is 1.04. The first-order valence-electron chi connectivity index (χ1n) is 4.08. The smallest absolute Gasteiger partial charge is 0.416 e. The normalized spacial score (nSPS) is 12.0. The Labute approximate surface area is 87.8 Å². The van der Waals surface area contributed by atoms with Gasteiger partial charge in [0.1, 0.15) is 5.82 Å². The highest BCUT2D eigenvalue weighted by Gasteiger charge is 2.31. The van der Waals surface area contributed by atoms with E-state index in [4.69, 9.17) is 5.11 Å². The Balaban J connectivity index is 3.13. The molecule has 0 aromatic heterocycles. The maximum atomic E-state index is 12.8. The average Bonchev–Trinajstić information content (AvgIpc) is 2.12. The van der Waals surface area contributed by atoms with Crippen LogP contribution in [0.25, 0.3) is 6.08 Å². The molecule has 2 nitrogen and oxygen atoms in total. The molecule has 1 rings (SSSR count). The molecule has 0 saturated heterocycles. The Morgan fingerprint density at radius 3 is 2.38 bits per heavy atom. The van der Waals surface area contributed by atoms with Crippen LogP contribution in [0.4, 0.5) is 17.6 Å². The van der Waals surface area contributed by atoms with E-state index < -0.39 is 23.5 Å². The van der Waals surface area contributed by atoms with Gasteiger partial charge in [0.15, 0.2) is 0 Å². The molecule has 0 heterocycles. The van der Waals surface area contributed by atoms with Crippen LogP contribution in [0.1, 0.15) is 11.1 Å². The molecule has 6 heteroatoms. The molecule has 86 valence electrons. The van der Waals surface area contributed by atoms with Crippen molar-refractivity contribution < 1.29 is 27.5 Å². The Morgan fingerprint density at radius 2 is 1.88 bits per heavy atom. The zero-order valence-electron chi connectivity index (χ0n) is 7.75. The summed E-state index contributed by atoms with van der Waals surface area (Å²) < 4.78 is 49.5. The van der Waals surface area contributed by atoms with Crippen molar-refractivity contribution in [1.82, 2.24) is 0 Å². The Morgan fingerprint density at radius 1 is 1.25 bits per heavy atom. The van der Waals surface area contributed by atoms with Crippen LogP contribution in [0.5, 0.6) is 0 Å². The van der Waals surface area contributed by atoms with Crippen LogP contribution in [-0.2, 0) is 11.0 Å². The summed E-state index contributed by atoms with van der Waals surface area (Å²) >= 11 is 0. The molecule has 0 atom stereocenters. The van der Waals surface area contributed by atoms with E-state index in [-0.39, 0.29) is 5.56 Å². The number of carboxylic acids is 1. The molecular formula is C10H6F4O2. The first-order valence-corrected chi connectivity index (χ1v) is 4.08. The molecule has 0 aliphatic heterocycles. The predicted octanol–water partition coefficient (Wildman–Crippen LogP) is 2.94. The lowest BCUT2D eigenvalue weighted by Gasteiger charge is -2.07. The van der Waals surface area contributed by atoms with Gasteiger partial charge in [-0.3, -0.25) is 0 Å². The van der Waals surface area contributed by atoms with E-state index in [0.717, 1.165) is 12.1 Å².